The zero-order chi connectivity index (χ0) is 14.1. The molecule has 0 bridgehead atoms. The minimum atomic E-state index is 0.0253. The Balaban J connectivity index is 1.69. The number of amides is 1. The highest BCUT2D eigenvalue weighted by Crippen LogP contribution is 2.23. The standard InChI is InChI=1S/C13H17N5OS/c1-8(19)15-9-2-4-18(6-9)7-11-16-12(14)10-3-5-20-13(10)17-11/h3,5,9H,2,4,6-7H2,1H3,(H,15,19)(H2,14,16,17). The third-order valence-electron chi connectivity index (χ3n) is 3.45. The van der Waals surface area contributed by atoms with E-state index < -0.39 is 0 Å². The maximum Gasteiger partial charge on any atom is 0.217 e. The molecule has 1 atom stereocenters. The van der Waals surface area contributed by atoms with Gasteiger partial charge in [0.15, 0.2) is 0 Å². The molecule has 1 saturated heterocycles. The number of nitrogen functional groups attached to an aromatic ring is 1. The molecule has 1 unspecified atom stereocenters. The van der Waals surface area contributed by atoms with Crippen LogP contribution >= 0.6 is 11.3 Å². The molecule has 6 nitrogen and oxygen atoms in total. The van der Waals surface area contributed by atoms with Crippen molar-refractivity contribution in [2.75, 3.05) is 18.8 Å². The average molecular weight is 291 g/mol. The summed E-state index contributed by atoms with van der Waals surface area (Å²) in [4.78, 5) is 23.1. The molecule has 0 aliphatic carbocycles. The van der Waals surface area contributed by atoms with Crippen LogP contribution in [0.2, 0.25) is 0 Å². The van der Waals surface area contributed by atoms with Gasteiger partial charge in [-0.2, -0.15) is 0 Å². The summed E-state index contributed by atoms with van der Waals surface area (Å²) in [7, 11) is 0. The molecule has 1 amide bonds. The van der Waals surface area contributed by atoms with Gasteiger partial charge in [-0.25, -0.2) is 9.97 Å². The Bertz CT molecular complexity index is 641. The SMILES string of the molecule is CC(=O)NC1CCN(Cc2nc(N)c3ccsc3n2)C1. The fraction of sp³-hybridized carbons (Fsp3) is 0.462. The van der Waals surface area contributed by atoms with Gasteiger partial charge in [0.05, 0.1) is 11.9 Å². The number of carbonyl (C=O) groups is 1. The molecular formula is C13H17N5OS. The number of nitrogens with two attached hydrogens (primary N) is 1. The van der Waals surface area contributed by atoms with E-state index in [1.807, 2.05) is 11.4 Å². The second-order valence-corrected chi connectivity index (χ2v) is 5.98. The minimum Gasteiger partial charge on any atom is -0.383 e. The summed E-state index contributed by atoms with van der Waals surface area (Å²) in [6, 6.07) is 2.18. The van der Waals surface area contributed by atoms with Gasteiger partial charge in [-0.1, -0.05) is 0 Å². The van der Waals surface area contributed by atoms with E-state index in [0.717, 1.165) is 35.6 Å². The van der Waals surface area contributed by atoms with Crippen LogP contribution in [0, 0.1) is 0 Å². The van der Waals surface area contributed by atoms with Crippen molar-refractivity contribution in [3.63, 3.8) is 0 Å². The van der Waals surface area contributed by atoms with Gasteiger partial charge in [0.2, 0.25) is 5.91 Å². The van der Waals surface area contributed by atoms with Gasteiger partial charge in [0, 0.05) is 26.1 Å². The molecule has 3 N–H and O–H groups in total. The third-order valence-corrected chi connectivity index (χ3v) is 4.25. The summed E-state index contributed by atoms with van der Waals surface area (Å²) in [6.45, 7) is 4.01. The average Bonchev–Trinajstić information content (AvgIpc) is 2.98. The molecule has 1 fully saturated rings. The van der Waals surface area contributed by atoms with Crippen LogP contribution in [0.4, 0.5) is 5.82 Å². The predicted molar refractivity (Wildman–Crippen MR) is 79.3 cm³/mol. The van der Waals surface area contributed by atoms with E-state index in [2.05, 4.69) is 20.2 Å². The van der Waals surface area contributed by atoms with E-state index in [1.165, 1.54) is 0 Å². The van der Waals surface area contributed by atoms with Crippen LogP contribution in [-0.2, 0) is 11.3 Å². The Labute approximate surface area is 121 Å². The topological polar surface area (TPSA) is 84.1 Å². The first-order valence-electron chi connectivity index (χ1n) is 6.61. The molecule has 0 aromatic carbocycles. The number of nitrogens with one attached hydrogen (secondary N) is 1. The van der Waals surface area contributed by atoms with Crippen LogP contribution < -0.4 is 11.1 Å². The highest BCUT2D eigenvalue weighted by molar-refractivity contribution is 7.16. The molecular weight excluding hydrogens is 274 g/mol. The second-order valence-electron chi connectivity index (χ2n) is 5.09. The van der Waals surface area contributed by atoms with Gasteiger partial charge in [-0.3, -0.25) is 9.69 Å². The van der Waals surface area contributed by atoms with E-state index in [4.69, 9.17) is 5.73 Å². The lowest BCUT2D eigenvalue weighted by molar-refractivity contribution is -0.119. The minimum absolute atomic E-state index is 0.0253. The molecule has 0 saturated carbocycles. The Morgan fingerprint density at radius 2 is 2.45 bits per heavy atom. The van der Waals surface area contributed by atoms with Gasteiger partial charge in [0.25, 0.3) is 0 Å². The molecule has 0 spiro atoms. The van der Waals surface area contributed by atoms with Crippen molar-refractivity contribution in [2.45, 2.75) is 25.9 Å². The Morgan fingerprint density at radius 3 is 3.25 bits per heavy atom. The van der Waals surface area contributed by atoms with Crippen LogP contribution in [0.3, 0.4) is 0 Å². The van der Waals surface area contributed by atoms with Gasteiger partial charge in [0.1, 0.15) is 16.5 Å². The van der Waals surface area contributed by atoms with E-state index in [0.29, 0.717) is 12.4 Å². The molecule has 0 radical (unpaired) electrons. The van der Waals surface area contributed by atoms with Gasteiger partial charge < -0.3 is 11.1 Å². The number of fused-ring (bicyclic) bond motifs is 1. The smallest absolute Gasteiger partial charge is 0.217 e. The number of carbonyl (C=O) groups excluding carboxylic acids is 1. The molecule has 3 rings (SSSR count). The van der Waals surface area contributed by atoms with Crippen LogP contribution in [0.15, 0.2) is 11.4 Å². The maximum atomic E-state index is 11.1. The monoisotopic (exact) mass is 291 g/mol. The first-order valence-corrected chi connectivity index (χ1v) is 7.49. The molecule has 1 aliphatic rings. The van der Waals surface area contributed by atoms with Crippen molar-refractivity contribution in [3.05, 3.63) is 17.3 Å². The summed E-state index contributed by atoms with van der Waals surface area (Å²) < 4.78 is 0. The Hall–Kier alpha value is -1.73. The maximum absolute atomic E-state index is 11.1. The van der Waals surface area contributed by atoms with E-state index in [9.17, 15) is 4.79 Å². The number of rotatable bonds is 3. The zero-order valence-corrected chi connectivity index (χ0v) is 12.1. The molecule has 7 heteroatoms. The highest BCUT2D eigenvalue weighted by Gasteiger charge is 2.23. The highest BCUT2D eigenvalue weighted by atomic mass is 32.1. The molecule has 2 aromatic heterocycles. The van der Waals surface area contributed by atoms with Crippen molar-refractivity contribution >= 4 is 33.3 Å². The summed E-state index contributed by atoms with van der Waals surface area (Å²) in [5.41, 5.74) is 5.95. The molecule has 2 aromatic rings. The summed E-state index contributed by atoms with van der Waals surface area (Å²) in [6.07, 6.45) is 0.969. The fourth-order valence-electron chi connectivity index (χ4n) is 2.58. The second kappa shape index (κ2) is 5.34. The van der Waals surface area contributed by atoms with Crippen molar-refractivity contribution in [1.29, 1.82) is 0 Å². The van der Waals surface area contributed by atoms with E-state index >= 15 is 0 Å². The van der Waals surface area contributed by atoms with Crippen molar-refractivity contribution < 1.29 is 4.79 Å². The van der Waals surface area contributed by atoms with Crippen LogP contribution in [-0.4, -0.2) is 39.9 Å². The Morgan fingerprint density at radius 1 is 1.60 bits per heavy atom. The van der Waals surface area contributed by atoms with Crippen LogP contribution in [0.5, 0.6) is 0 Å². The number of nitrogens with zero attached hydrogens (tertiary/aromatic N) is 3. The molecule has 106 valence electrons. The number of hydrogen-bond donors (Lipinski definition) is 2. The molecule has 20 heavy (non-hydrogen) atoms. The number of thiophene rings is 1. The number of hydrogen-bond acceptors (Lipinski definition) is 6. The zero-order valence-electron chi connectivity index (χ0n) is 11.3. The molecule has 1 aliphatic heterocycles. The number of anilines is 1. The molecule has 3 heterocycles. The normalized spacial score (nSPS) is 19.6. The lowest BCUT2D eigenvalue weighted by atomic mass is 10.3. The van der Waals surface area contributed by atoms with Crippen LogP contribution in [0.1, 0.15) is 19.2 Å². The fourth-order valence-corrected chi connectivity index (χ4v) is 3.37. The van der Waals surface area contributed by atoms with E-state index in [-0.39, 0.29) is 11.9 Å². The van der Waals surface area contributed by atoms with Crippen molar-refractivity contribution in [3.8, 4) is 0 Å². The quantitative estimate of drug-likeness (QED) is 0.881. The van der Waals surface area contributed by atoms with Gasteiger partial charge in [-0.15, -0.1) is 11.3 Å². The summed E-state index contributed by atoms with van der Waals surface area (Å²) >= 11 is 1.58. The number of aromatic nitrogens is 2. The predicted octanol–water partition coefficient (Wildman–Crippen LogP) is 0.984. The van der Waals surface area contributed by atoms with Gasteiger partial charge in [-0.05, 0) is 17.9 Å². The summed E-state index contributed by atoms with van der Waals surface area (Å²) in [5.74, 6) is 1.32. The Kier molecular flexibility index (Phi) is 3.54. The third kappa shape index (κ3) is 2.73. The van der Waals surface area contributed by atoms with Crippen LogP contribution in [0.25, 0.3) is 10.2 Å². The van der Waals surface area contributed by atoms with Gasteiger partial charge >= 0.3 is 0 Å². The van der Waals surface area contributed by atoms with E-state index in [1.54, 1.807) is 18.3 Å². The number of likely N-dealkylation sites (tertiary alicyclic amines) is 1. The van der Waals surface area contributed by atoms with Crippen molar-refractivity contribution in [1.82, 2.24) is 20.2 Å². The summed E-state index contributed by atoms with van der Waals surface area (Å²) in [5, 5.41) is 5.85. The lowest BCUT2D eigenvalue weighted by Gasteiger charge is -2.15. The van der Waals surface area contributed by atoms with Crippen molar-refractivity contribution in [2.24, 2.45) is 0 Å². The first kappa shape index (κ1) is 13.3. The first-order chi connectivity index (χ1) is 9.61. The lowest BCUT2D eigenvalue weighted by Crippen LogP contribution is -2.35. The largest absolute Gasteiger partial charge is 0.383 e.